The summed E-state index contributed by atoms with van der Waals surface area (Å²) in [4.78, 5) is 38.6. The second-order valence-electron chi connectivity index (χ2n) is 6.85. The first kappa shape index (κ1) is 20.5. The van der Waals surface area contributed by atoms with E-state index in [4.69, 9.17) is 4.74 Å². The maximum atomic E-state index is 14.6. The Kier molecular flexibility index (Phi) is 5.64. The second kappa shape index (κ2) is 8.00. The molecule has 154 valence electrons. The van der Waals surface area contributed by atoms with Gasteiger partial charge in [-0.05, 0) is 25.5 Å². The van der Waals surface area contributed by atoms with Crippen LogP contribution in [-0.2, 0) is 16.1 Å². The predicted octanol–water partition coefficient (Wildman–Crippen LogP) is 1.29. The third-order valence-electron chi connectivity index (χ3n) is 4.77. The van der Waals surface area contributed by atoms with E-state index in [1.807, 2.05) is 0 Å². The lowest BCUT2D eigenvalue weighted by Crippen LogP contribution is -2.64. The van der Waals surface area contributed by atoms with Gasteiger partial charge in [0.25, 0.3) is 5.91 Å². The normalized spacial score (nSPS) is 18.4. The van der Waals surface area contributed by atoms with Crippen LogP contribution in [0.5, 0.6) is 0 Å². The zero-order valence-electron chi connectivity index (χ0n) is 16.0. The van der Waals surface area contributed by atoms with Crippen LogP contribution in [0.25, 0.3) is 0 Å². The number of carboxylic acid groups (broad SMARTS) is 1. The predicted molar refractivity (Wildman–Crippen MR) is 100 cm³/mol. The molecule has 2 heterocycles. The fourth-order valence-corrected chi connectivity index (χ4v) is 3.31. The van der Waals surface area contributed by atoms with E-state index in [0.29, 0.717) is 19.6 Å². The van der Waals surface area contributed by atoms with E-state index in [-0.39, 0.29) is 23.6 Å². The van der Waals surface area contributed by atoms with Gasteiger partial charge >= 0.3 is 5.97 Å². The van der Waals surface area contributed by atoms with E-state index in [0.717, 1.165) is 11.0 Å². The molecule has 0 fully saturated rings. The lowest BCUT2D eigenvalue weighted by molar-refractivity contribution is -0.126. The van der Waals surface area contributed by atoms with Crippen molar-refractivity contribution in [2.75, 3.05) is 25.2 Å². The number of halogens is 1. The summed E-state index contributed by atoms with van der Waals surface area (Å²) in [5.41, 5.74) is -1.96. The van der Waals surface area contributed by atoms with E-state index in [2.05, 4.69) is 10.4 Å². The van der Waals surface area contributed by atoms with Crippen molar-refractivity contribution in [3.05, 3.63) is 47.5 Å². The fraction of sp³-hybridized carbons (Fsp3) is 0.368. The average molecular weight is 404 g/mol. The smallest absolute Gasteiger partial charge is 0.356 e. The van der Waals surface area contributed by atoms with Gasteiger partial charge in [-0.1, -0.05) is 12.1 Å². The molecule has 1 aliphatic rings. The van der Waals surface area contributed by atoms with E-state index < -0.39 is 29.1 Å². The van der Waals surface area contributed by atoms with Gasteiger partial charge in [-0.3, -0.25) is 19.2 Å². The summed E-state index contributed by atoms with van der Waals surface area (Å²) in [5.74, 6) is -3.20. The van der Waals surface area contributed by atoms with E-state index >= 15 is 0 Å². The van der Waals surface area contributed by atoms with Crippen molar-refractivity contribution in [1.29, 1.82) is 0 Å². The van der Waals surface area contributed by atoms with Crippen LogP contribution in [-0.4, -0.2) is 58.5 Å². The van der Waals surface area contributed by atoms with Gasteiger partial charge in [0, 0.05) is 26.3 Å². The Labute approximate surface area is 166 Å². The third-order valence-corrected chi connectivity index (χ3v) is 4.77. The quantitative estimate of drug-likeness (QED) is 0.673. The van der Waals surface area contributed by atoms with Gasteiger partial charge in [-0.2, -0.15) is 5.10 Å². The SMILES string of the molecule is COCCCNC(=O)C1(C)Cn2nc(C(=O)O)cc2C(=O)N1c1ccccc1F. The lowest BCUT2D eigenvalue weighted by Gasteiger charge is -2.43. The molecule has 2 N–H and O–H groups in total. The first-order valence-corrected chi connectivity index (χ1v) is 8.97. The first-order valence-electron chi connectivity index (χ1n) is 8.97. The van der Waals surface area contributed by atoms with Crippen LogP contribution in [0.1, 0.15) is 34.3 Å². The van der Waals surface area contributed by atoms with Crippen LogP contribution < -0.4 is 10.2 Å². The topological polar surface area (TPSA) is 114 Å². The maximum absolute atomic E-state index is 14.6. The summed E-state index contributed by atoms with van der Waals surface area (Å²) < 4.78 is 20.7. The minimum atomic E-state index is -1.53. The van der Waals surface area contributed by atoms with E-state index in [9.17, 15) is 23.9 Å². The molecule has 1 aromatic heterocycles. The highest BCUT2D eigenvalue weighted by Crippen LogP contribution is 2.34. The Morgan fingerprint density at radius 2 is 2.10 bits per heavy atom. The molecular formula is C19H21FN4O5. The average Bonchev–Trinajstić information content (AvgIpc) is 3.11. The van der Waals surface area contributed by atoms with Crippen LogP contribution in [0.4, 0.5) is 10.1 Å². The molecule has 1 atom stereocenters. The van der Waals surface area contributed by atoms with Crippen molar-refractivity contribution in [3.63, 3.8) is 0 Å². The number of fused-ring (bicyclic) bond motifs is 1. The summed E-state index contributed by atoms with van der Waals surface area (Å²) in [6.45, 7) is 2.10. The van der Waals surface area contributed by atoms with E-state index in [1.165, 1.54) is 29.8 Å². The molecule has 0 radical (unpaired) electrons. The number of nitrogens with one attached hydrogen (secondary N) is 1. The highest BCUT2D eigenvalue weighted by atomic mass is 19.1. The van der Waals surface area contributed by atoms with Gasteiger partial charge < -0.3 is 15.2 Å². The molecule has 1 aliphatic heterocycles. The molecule has 0 saturated carbocycles. The molecule has 1 aromatic carbocycles. The van der Waals surface area contributed by atoms with Crippen molar-refractivity contribution in [2.24, 2.45) is 0 Å². The highest BCUT2D eigenvalue weighted by Gasteiger charge is 2.49. The number of carbonyl (C=O) groups is 3. The van der Waals surface area contributed by atoms with Gasteiger partial charge in [0.1, 0.15) is 17.1 Å². The molecule has 9 nitrogen and oxygen atoms in total. The molecule has 0 bridgehead atoms. The monoisotopic (exact) mass is 404 g/mol. The van der Waals surface area contributed by atoms with Crippen LogP contribution in [0, 0.1) is 5.82 Å². The highest BCUT2D eigenvalue weighted by molar-refractivity contribution is 6.12. The molecule has 0 aliphatic carbocycles. The molecule has 1 unspecified atom stereocenters. The molecule has 2 amide bonds. The van der Waals surface area contributed by atoms with Gasteiger partial charge in [0.2, 0.25) is 5.91 Å². The van der Waals surface area contributed by atoms with Gasteiger partial charge in [-0.25, -0.2) is 9.18 Å². The number of para-hydroxylation sites is 1. The zero-order valence-corrected chi connectivity index (χ0v) is 16.0. The maximum Gasteiger partial charge on any atom is 0.356 e. The number of hydrogen-bond acceptors (Lipinski definition) is 5. The summed E-state index contributed by atoms with van der Waals surface area (Å²) >= 11 is 0. The minimum Gasteiger partial charge on any atom is -0.476 e. The van der Waals surface area contributed by atoms with Gasteiger partial charge in [0.05, 0.1) is 12.2 Å². The van der Waals surface area contributed by atoms with Crippen molar-refractivity contribution in [3.8, 4) is 0 Å². The van der Waals surface area contributed by atoms with Crippen molar-refractivity contribution in [2.45, 2.75) is 25.4 Å². The second-order valence-corrected chi connectivity index (χ2v) is 6.85. The molecule has 3 rings (SSSR count). The molecule has 29 heavy (non-hydrogen) atoms. The Bertz CT molecular complexity index is 960. The summed E-state index contributed by atoms with van der Waals surface area (Å²) in [5, 5.41) is 15.9. The number of amides is 2. The number of hydrogen-bond donors (Lipinski definition) is 2. The Hall–Kier alpha value is -3.27. The Morgan fingerprint density at radius 1 is 1.38 bits per heavy atom. The minimum absolute atomic E-state index is 0.0321. The number of ether oxygens (including phenoxy) is 1. The summed E-state index contributed by atoms with van der Waals surface area (Å²) in [6.07, 6.45) is 0.558. The third kappa shape index (κ3) is 3.70. The van der Waals surface area contributed by atoms with Gasteiger partial charge in [0.15, 0.2) is 5.69 Å². The number of methoxy groups -OCH3 is 1. The summed E-state index contributed by atoms with van der Waals surface area (Å²) in [6, 6.07) is 6.73. The molecule has 2 aromatic rings. The van der Waals surface area contributed by atoms with Crippen molar-refractivity contribution >= 4 is 23.5 Å². The van der Waals surface area contributed by atoms with Crippen molar-refractivity contribution < 1.29 is 28.6 Å². The number of carboxylic acids is 1. The zero-order chi connectivity index (χ0) is 21.2. The van der Waals surface area contributed by atoms with Crippen LogP contribution in [0.15, 0.2) is 30.3 Å². The van der Waals surface area contributed by atoms with Crippen LogP contribution >= 0.6 is 0 Å². The van der Waals surface area contributed by atoms with Crippen LogP contribution in [0.3, 0.4) is 0 Å². The summed E-state index contributed by atoms with van der Waals surface area (Å²) in [7, 11) is 1.54. The number of aromatic carboxylic acids is 1. The molecule has 0 saturated heterocycles. The van der Waals surface area contributed by atoms with Crippen LogP contribution in [0.2, 0.25) is 0 Å². The Balaban J connectivity index is 2.05. The standard InChI is InChI=1S/C19H21FN4O5/c1-19(18(28)21-8-5-9-29-2)11-23-15(10-13(22-23)17(26)27)16(25)24(19)14-7-4-3-6-12(14)20/h3-4,6-7,10H,5,8-9,11H2,1-2H3,(H,21,28)(H,26,27). The van der Waals surface area contributed by atoms with E-state index in [1.54, 1.807) is 13.2 Å². The number of rotatable bonds is 7. The molecule has 0 spiro atoms. The molecule has 10 heteroatoms. The van der Waals surface area contributed by atoms with Crippen molar-refractivity contribution in [1.82, 2.24) is 15.1 Å². The first-order chi connectivity index (χ1) is 13.8. The number of aromatic nitrogens is 2. The molecular weight excluding hydrogens is 383 g/mol. The number of nitrogens with zero attached hydrogens (tertiary/aromatic N) is 3. The number of carbonyl (C=O) groups excluding carboxylic acids is 2. The number of anilines is 1. The lowest BCUT2D eigenvalue weighted by atomic mass is 9.94. The van der Waals surface area contributed by atoms with Gasteiger partial charge in [-0.15, -0.1) is 0 Å². The largest absolute Gasteiger partial charge is 0.476 e. The Morgan fingerprint density at radius 3 is 2.76 bits per heavy atom. The number of benzene rings is 1. The fourth-order valence-electron chi connectivity index (χ4n) is 3.31.